The third-order valence-corrected chi connectivity index (χ3v) is 3.62. The zero-order valence-electron chi connectivity index (χ0n) is 10.9. The minimum atomic E-state index is -4.34. The Bertz CT molecular complexity index is 639. The monoisotopic (exact) mass is 369 g/mol. The van der Waals surface area contributed by atoms with Crippen LogP contribution < -0.4 is 4.89 Å². The van der Waals surface area contributed by atoms with Crippen LogP contribution in [-0.2, 0) is 14.9 Å². The molecule has 0 fully saturated rings. The molecule has 1 aromatic rings. The first-order chi connectivity index (χ1) is 8.94. The van der Waals surface area contributed by atoms with Crippen LogP contribution in [0.4, 0.5) is 4.39 Å². The Kier molecular flexibility index (Phi) is 4.90. The summed E-state index contributed by atoms with van der Waals surface area (Å²) in [5, 5.41) is 8.83. The Labute approximate surface area is 124 Å². The van der Waals surface area contributed by atoms with Gasteiger partial charge in [0.2, 0.25) is 0 Å². The molecule has 0 aliphatic carbocycles. The van der Waals surface area contributed by atoms with Crippen LogP contribution in [0, 0.1) is 5.82 Å². The van der Waals surface area contributed by atoms with E-state index in [4.69, 9.17) is 9.94 Å². The van der Waals surface area contributed by atoms with Crippen LogP contribution in [0.2, 0.25) is 0 Å². The average molecular weight is 370 g/mol. The SMILES string of the molecule is CC(C)(C)ONS(=O)(=O)c1cc(Br)cc(C(=O)O)c1F. The van der Waals surface area contributed by atoms with Gasteiger partial charge >= 0.3 is 5.97 Å². The molecule has 0 heterocycles. The van der Waals surface area contributed by atoms with Gasteiger partial charge in [-0.2, -0.15) is 0 Å². The molecule has 20 heavy (non-hydrogen) atoms. The van der Waals surface area contributed by atoms with E-state index in [1.807, 2.05) is 0 Å². The summed E-state index contributed by atoms with van der Waals surface area (Å²) >= 11 is 2.94. The van der Waals surface area contributed by atoms with Crippen LogP contribution in [-0.4, -0.2) is 25.1 Å². The maximum atomic E-state index is 13.9. The number of rotatable bonds is 4. The van der Waals surface area contributed by atoms with E-state index in [1.165, 1.54) is 0 Å². The molecule has 0 radical (unpaired) electrons. The van der Waals surface area contributed by atoms with Crippen LogP contribution in [0.1, 0.15) is 31.1 Å². The fraction of sp³-hybridized carbons (Fsp3) is 0.364. The minimum absolute atomic E-state index is 0.118. The van der Waals surface area contributed by atoms with E-state index in [1.54, 1.807) is 25.7 Å². The highest BCUT2D eigenvalue weighted by Crippen LogP contribution is 2.24. The molecular formula is C11H13BrFNO5S. The van der Waals surface area contributed by atoms with Gasteiger partial charge in [-0.05, 0) is 32.9 Å². The van der Waals surface area contributed by atoms with Crippen molar-refractivity contribution in [3.05, 3.63) is 28.0 Å². The summed E-state index contributed by atoms with van der Waals surface area (Å²) in [4.78, 5) is 16.7. The highest BCUT2D eigenvalue weighted by molar-refractivity contribution is 9.10. The maximum Gasteiger partial charge on any atom is 0.338 e. The highest BCUT2D eigenvalue weighted by atomic mass is 79.9. The lowest BCUT2D eigenvalue weighted by Gasteiger charge is -2.19. The zero-order chi connectivity index (χ0) is 15.7. The van der Waals surface area contributed by atoms with E-state index in [9.17, 15) is 17.6 Å². The number of hydrogen-bond acceptors (Lipinski definition) is 4. The van der Waals surface area contributed by atoms with Crippen LogP contribution in [0.3, 0.4) is 0 Å². The Morgan fingerprint density at radius 3 is 2.40 bits per heavy atom. The molecule has 2 N–H and O–H groups in total. The Morgan fingerprint density at radius 1 is 1.40 bits per heavy atom. The summed E-state index contributed by atoms with van der Waals surface area (Å²) in [5.74, 6) is -2.93. The van der Waals surface area contributed by atoms with Gasteiger partial charge in [0, 0.05) is 4.47 Å². The number of sulfonamides is 1. The first-order valence-corrected chi connectivity index (χ1v) is 7.64. The van der Waals surface area contributed by atoms with Gasteiger partial charge in [0.05, 0.1) is 11.2 Å². The summed E-state index contributed by atoms with van der Waals surface area (Å²) in [5.41, 5.74) is -1.58. The van der Waals surface area contributed by atoms with Crippen molar-refractivity contribution in [1.82, 2.24) is 4.89 Å². The first kappa shape index (κ1) is 17.0. The molecule has 0 aromatic heterocycles. The van der Waals surface area contributed by atoms with E-state index in [2.05, 4.69) is 15.9 Å². The molecule has 0 bridgehead atoms. The second-order valence-electron chi connectivity index (χ2n) is 4.87. The second kappa shape index (κ2) is 5.76. The second-order valence-corrected chi connectivity index (χ2v) is 7.40. The van der Waals surface area contributed by atoms with E-state index >= 15 is 0 Å². The maximum absolute atomic E-state index is 13.9. The predicted octanol–water partition coefficient (Wildman–Crippen LogP) is 2.29. The van der Waals surface area contributed by atoms with Gasteiger partial charge in [0.1, 0.15) is 4.90 Å². The molecule has 0 unspecified atom stereocenters. The molecule has 9 heteroatoms. The number of benzene rings is 1. The van der Waals surface area contributed by atoms with Gasteiger partial charge in [-0.1, -0.05) is 20.8 Å². The normalized spacial score (nSPS) is 12.4. The number of carboxylic acid groups (broad SMARTS) is 1. The molecule has 1 aromatic carbocycles. The molecule has 112 valence electrons. The fourth-order valence-electron chi connectivity index (χ4n) is 1.14. The molecule has 0 saturated carbocycles. The lowest BCUT2D eigenvalue weighted by Crippen LogP contribution is -2.34. The summed E-state index contributed by atoms with van der Waals surface area (Å²) in [7, 11) is -4.34. The van der Waals surface area contributed by atoms with Crippen molar-refractivity contribution < 1.29 is 27.5 Å². The van der Waals surface area contributed by atoms with Gasteiger partial charge < -0.3 is 5.11 Å². The van der Waals surface area contributed by atoms with Crippen LogP contribution in [0.5, 0.6) is 0 Å². The topological polar surface area (TPSA) is 92.7 Å². The average Bonchev–Trinajstić information content (AvgIpc) is 2.28. The van der Waals surface area contributed by atoms with E-state index in [0.717, 1.165) is 12.1 Å². The summed E-state index contributed by atoms with van der Waals surface area (Å²) in [6.45, 7) is 4.78. The number of hydrogen-bond donors (Lipinski definition) is 2. The van der Waals surface area contributed by atoms with Crippen molar-refractivity contribution in [2.24, 2.45) is 0 Å². The van der Waals surface area contributed by atoms with Gasteiger partial charge in [0.25, 0.3) is 10.0 Å². The van der Waals surface area contributed by atoms with Crippen LogP contribution in [0.25, 0.3) is 0 Å². The molecule has 0 amide bonds. The highest BCUT2D eigenvalue weighted by Gasteiger charge is 2.26. The Morgan fingerprint density at radius 2 is 1.95 bits per heavy atom. The van der Waals surface area contributed by atoms with Crippen molar-refractivity contribution in [2.75, 3.05) is 0 Å². The summed E-state index contributed by atoms with van der Waals surface area (Å²) < 4.78 is 37.9. The standard InChI is InChI=1S/C11H13BrFNO5S/c1-11(2,3)19-14-20(17,18)8-5-6(12)4-7(9(8)13)10(15)16/h4-5,14H,1-3H3,(H,15,16). The zero-order valence-corrected chi connectivity index (χ0v) is 13.3. The lowest BCUT2D eigenvalue weighted by molar-refractivity contribution is -0.0358. The number of halogens is 2. The Balaban J connectivity index is 3.29. The van der Waals surface area contributed by atoms with Gasteiger partial charge in [0.15, 0.2) is 5.82 Å². The molecule has 0 aliphatic heterocycles. The van der Waals surface area contributed by atoms with Crippen LogP contribution in [0.15, 0.2) is 21.5 Å². The minimum Gasteiger partial charge on any atom is -0.478 e. The lowest BCUT2D eigenvalue weighted by atomic mass is 10.2. The third-order valence-electron chi connectivity index (χ3n) is 1.98. The first-order valence-electron chi connectivity index (χ1n) is 5.36. The molecule has 0 aliphatic rings. The quantitative estimate of drug-likeness (QED) is 0.794. The summed E-state index contributed by atoms with van der Waals surface area (Å²) in [6, 6.07) is 1.93. The van der Waals surface area contributed by atoms with E-state index in [0.29, 0.717) is 0 Å². The van der Waals surface area contributed by atoms with Crippen molar-refractivity contribution in [1.29, 1.82) is 0 Å². The molecule has 1 rings (SSSR count). The Hall–Kier alpha value is -1.03. The number of carboxylic acids is 1. The summed E-state index contributed by atoms with van der Waals surface area (Å²) in [6.07, 6.45) is 0. The number of aromatic carboxylic acids is 1. The van der Waals surface area contributed by atoms with E-state index in [-0.39, 0.29) is 4.47 Å². The fourth-order valence-corrected chi connectivity index (χ4v) is 2.83. The largest absolute Gasteiger partial charge is 0.478 e. The van der Waals surface area contributed by atoms with E-state index < -0.39 is 37.9 Å². The van der Waals surface area contributed by atoms with Gasteiger partial charge in [-0.15, -0.1) is 0 Å². The van der Waals surface area contributed by atoms with Crippen LogP contribution >= 0.6 is 15.9 Å². The molecule has 0 atom stereocenters. The predicted molar refractivity (Wildman–Crippen MR) is 72.2 cm³/mol. The van der Waals surface area contributed by atoms with Crippen molar-refractivity contribution in [3.8, 4) is 0 Å². The van der Waals surface area contributed by atoms with Crippen molar-refractivity contribution >= 4 is 31.9 Å². The van der Waals surface area contributed by atoms with Crippen molar-refractivity contribution in [2.45, 2.75) is 31.3 Å². The third kappa shape index (κ3) is 4.23. The smallest absolute Gasteiger partial charge is 0.338 e. The molecule has 0 spiro atoms. The number of carbonyl (C=O) groups is 1. The van der Waals surface area contributed by atoms with Gasteiger partial charge in [-0.3, -0.25) is 4.84 Å². The molecule has 0 saturated heterocycles. The van der Waals surface area contributed by atoms with Gasteiger partial charge in [-0.25, -0.2) is 17.6 Å². The van der Waals surface area contributed by atoms with Crippen molar-refractivity contribution in [3.63, 3.8) is 0 Å². The number of nitrogens with one attached hydrogen (secondary N) is 1. The molecule has 6 nitrogen and oxygen atoms in total. The molecular weight excluding hydrogens is 357 g/mol.